The molecular formula is C19H23N3O5S. The van der Waals surface area contributed by atoms with Gasteiger partial charge in [-0.25, -0.2) is 8.42 Å². The minimum Gasteiger partial charge on any atom is -0.348 e. The lowest BCUT2D eigenvalue weighted by molar-refractivity contribution is -0.385. The molecular weight excluding hydrogens is 382 g/mol. The maximum absolute atomic E-state index is 12.5. The molecule has 0 atom stereocenters. The van der Waals surface area contributed by atoms with Crippen molar-refractivity contribution in [3.63, 3.8) is 0 Å². The molecule has 0 bridgehead atoms. The quantitative estimate of drug-likeness (QED) is 0.536. The van der Waals surface area contributed by atoms with Gasteiger partial charge in [0.1, 0.15) is 5.56 Å². The van der Waals surface area contributed by atoms with E-state index >= 15 is 0 Å². The van der Waals surface area contributed by atoms with Crippen LogP contribution in [0.4, 0.5) is 5.69 Å². The second kappa shape index (κ2) is 8.94. The van der Waals surface area contributed by atoms with Crippen molar-refractivity contribution < 1.29 is 18.1 Å². The fourth-order valence-electron chi connectivity index (χ4n) is 2.85. The van der Waals surface area contributed by atoms with E-state index in [0.29, 0.717) is 24.2 Å². The molecule has 0 spiro atoms. The fourth-order valence-corrected chi connectivity index (χ4v) is 4.31. The average molecular weight is 405 g/mol. The van der Waals surface area contributed by atoms with E-state index in [1.54, 1.807) is 45.0 Å². The van der Waals surface area contributed by atoms with Crippen LogP contribution in [-0.2, 0) is 16.6 Å². The summed E-state index contributed by atoms with van der Waals surface area (Å²) in [4.78, 5) is 23.2. The Morgan fingerprint density at radius 1 is 1.11 bits per heavy atom. The lowest BCUT2D eigenvalue weighted by Gasteiger charge is -2.18. The number of nitrogens with one attached hydrogen (secondary N) is 1. The zero-order valence-electron chi connectivity index (χ0n) is 16.0. The number of nitrogens with zero attached hydrogens (tertiary/aromatic N) is 2. The van der Waals surface area contributed by atoms with Crippen LogP contribution < -0.4 is 5.32 Å². The van der Waals surface area contributed by atoms with E-state index in [0.717, 1.165) is 0 Å². The average Bonchev–Trinajstić information content (AvgIpc) is 2.66. The van der Waals surface area contributed by atoms with Gasteiger partial charge in [-0.2, -0.15) is 4.31 Å². The molecule has 1 amide bonds. The Kier molecular flexibility index (Phi) is 6.87. The van der Waals surface area contributed by atoms with E-state index in [4.69, 9.17) is 0 Å². The lowest BCUT2D eigenvalue weighted by atomic mass is 10.1. The van der Waals surface area contributed by atoms with E-state index < -0.39 is 20.9 Å². The van der Waals surface area contributed by atoms with Gasteiger partial charge >= 0.3 is 0 Å². The number of amides is 1. The molecule has 9 heteroatoms. The molecule has 0 heterocycles. The molecule has 0 saturated heterocycles. The molecule has 2 rings (SSSR count). The number of benzene rings is 2. The molecule has 2 aromatic rings. The largest absolute Gasteiger partial charge is 0.348 e. The Bertz CT molecular complexity index is 968. The van der Waals surface area contributed by atoms with Crippen LogP contribution in [0.2, 0.25) is 0 Å². The summed E-state index contributed by atoms with van der Waals surface area (Å²) < 4.78 is 26.3. The van der Waals surface area contributed by atoms with Crippen molar-refractivity contribution in [2.45, 2.75) is 32.2 Å². The number of rotatable bonds is 8. The smallest absolute Gasteiger partial charge is 0.285 e. The molecule has 1 N–H and O–H groups in total. The first-order valence-electron chi connectivity index (χ1n) is 8.83. The maximum atomic E-state index is 12.5. The number of hydrogen-bond acceptors (Lipinski definition) is 5. The first kappa shape index (κ1) is 21.5. The summed E-state index contributed by atoms with van der Waals surface area (Å²) in [6.07, 6.45) is 0. The number of carbonyl (C=O) groups excluding carboxylic acids is 1. The molecule has 0 aromatic heterocycles. The van der Waals surface area contributed by atoms with Gasteiger partial charge in [0.2, 0.25) is 10.0 Å². The third kappa shape index (κ3) is 4.55. The Morgan fingerprint density at radius 2 is 1.71 bits per heavy atom. The number of para-hydroxylation sites is 1. The summed E-state index contributed by atoms with van der Waals surface area (Å²) in [5.41, 5.74) is 0.858. The van der Waals surface area contributed by atoms with Gasteiger partial charge in [0.15, 0.2) is 0 Å². The molecule has 28 heavy (non-hydrogen) atoms. The first-order valence-corrected chi connectivity index (χ1v) is 10.3. The minimum atomic E-state index is -3.54. The Balaban J connectivity index is 2.14. The van der Waals surface area contributed by atoms with Crippen LogP contribution in [-0.4, -0.2) is 36.6 Å². The SMILES string of the molecule is CCN(CC)S(=O)(=O)c1ccc(CNC(=O)c2cccc(C)c2[N+](=O)[O-])cc1. The minimum absolute atomic E-state index is 0.00858. The molecule has 0 radical (unpaired) electrons. The number of hydrogen-bond donors (Lipinski definition) is 1. The molecule has 2 aromatic carbocycles. The van der Waals surface area contributed by atoms with Crippen molar-refractivity contribution >= 4 is 21.6 Å². The summed E-state index contributed by atoms with van der Waals surface area (Å²) in [7, 11) is -3.54. The zero-order chi connectivity index (χ0) is 20.9. The van der Waals surface area contributed by atoms with Crippen LogP contribution in [0.15, 0.2) is 47.4 Å². The van der Waals surface area contributed by atoms with Crippen LogP contribution in [0.3, 0.4) is 0 Å². The Labute approximate surface area is 164 Å². The van der Waals surface area contributed by atoms with Gasteiger partial charge < -0.3 is 5.32 Å². The molecule has 0 aliphatic carbocycles. The molecule has 0 aliphatic rings. The highest BCUT2D eigenvalue weighted by Gasteiger charge is 2.23. The molecule has 0 unspecified atom stereocenters. The van der Waals surface area contributed by atoms with E-state index in [1.807, 2.05) is 0 Å². The molecule has 0 fully saturated rings. The van der Waals surface area contributed by atoms with Gasteiger partial charge in [-0.3, -0.25) is 14.9 Å². The Hall–Kier alpha value is -2.78. The predicted octanol–water partition coefficient (Wildman–Crippen LogP) is 2.86. The van der Waals surface area contributed by atoms with Gasteiger partial charge in [0.05, 0.1) is 9.82 Å². The van der Waals surface area contributed by atoms with Crippen molar-refractivity contribution in [1.29, 1.82) is 0 Å². The van der Waals surface area contributed by atoms with Crippen LogP contribution >= 0.6 is 0 Å². The fraction of sp³-hybridized carbons (Fsp3) is 0.316. The van der Waals surface area contributed by atoms with E-state index in [1.165, 1.54) is 22.5 Å². The van der Waals surface area contributed by atoms with Crippen molar-refractivity contribution in [3.8, 4) is 0 Å². The highest BCUT2D eigenvalue weighted by molar-refractivity contribution is 7.89. The zero-order valence-corrected chi connectivity index (χ0v) is 16.8. The topological polar surface area (TPSA) is 110 Å². The number of sulfonamides is 1. The van der Waals surface area contributed by atoms with Gasteiger partial charge in [-0.05, 0) is 30.7 Å². The van der Waals surface area contributed by atoms with Crippen LogP contribution in [0, 0.1) is 17.0 Å². The highest BCUT2D eigenvalue weighted by Crippen LogP contribution is 2.23. The number of nitro groups is 1. The van der Waals surface area contributed by atoms with E-state index in [-0.39, 0.29) is 22.7 Å². The van der Waals surface area contributed by atoms with Gasteiger partial charge in [-0.1, -0.05) is 38.1 Å². The monoisotopic (exact) mass is 405 g/mol. The number of nitro benzene ring substituents is 1. The van der Waals surface area contributed by atoms with E-state index in [9.17, 15) is 23.3 Å². The van der Waals surface area contributed by atoms with Crippen LogP contribution in [0.1, 0.15) is 35.3 Å². The third-order valence-electron chi connectivity index (χ3n) is 4.38. The van der Waals surface area contributed by atoms with Crippen LogP contribution in [0.5, 0.6) is 0 Å². The standard InChI is InChI=1S/C19H23N3O5S/c1-4-21(5-2)28(26,27)16-11-9-15(10-12-16)13-20-19(23)17-8-6-7-14(3)18(17)22(24)25/h6-12H,4-5,13H2,1-3H3,(H,20,23). The molecule has 150 valence electrons. The number of aryl methyl sites for hydroxylation is 1. The maximum Gasteiger partial charge on any atom is 0.285 e. The second-order valence-corrected chi connectivity index (χ2v) is 8.08. The normalized spacial score (nSPS) is 11.4. The van der Waals surface area contributed by atoms with Crippen molar-refractivity contribution in [1.82, 2.24) is 9.62 Å². The van der Waals surface area contributed by atoms with E-state index in [2.05, 4.69) is 5.32 Å². The second-order valence-electron chi connectivity index (χ2n) is 6.14. The summed E-state index contributed by atoms with van der Waals surface area (Å²) >= 11 is 0. The van der Waals surface area contributed by atoms with Crippen molar-refractivity contribution in [2.75, 3.05) is 13.1 Å². The summed E-state index contributed by atoms with van der Waals surface area (Å²) in [6.45, 7) is 6.00. The van der Waals surface area contributed by atoms with Gasteiger partial charge in [-0.15, -0.1) is 0 Å². The Morgan fingerprint density at radius 3 is 2.25 bits per heavy atom. The summed E-state index contributed by atoms with van der Waals surface area (Å²) in [6, 6.07) is 10.8. The number of carbonyl (C=O) groups is 1. The molecule has 0 aliphatic heterocycles. The predicted molar refractivity (Wildman–Crippen MR) is 106 cm³/mol. The van der Waals surface area contributed by atoms with Crippen LogP contribution in [0.25, 0.3) is 0 Å². The third-order valence-corrected chi connectivity index (χ3v) is 6.45. The van der Waals surface area contributed by atoms with Gasteiger partial charge in [0.25, 0.3) is 11.6 Å². The first-order chi connectivity index (χ1) is 13.2. The molecule has 8 nitrogen and oxygen atoms in total. The lowest BCUT2D eigenvalue weighted by Crippen LogP contribution is -2.30. The van der Waals surface area contributed by atoms with Crippen molar-refractivity contribution in [3.05, 3.63) is 69.3 Å². The summed E-state index contributed by atoms with van der Waals surface area (Å²) in [5.74, 6) is -0.560. The van der Waals surface area contributed by atoms with Gasteiger partial charge in [0, 0.05) is 25.2 Å². The summed E-state index contributed by atoms with van der Waals surface area (Å²) in [5, 5.41) is 13.9. The van der Waals surface area contributed by atoms with Crippen molar-refractivity contribution in [2.24, 2.45) is 0 Å². The highest BCUT2D eigenvalue weighted by atomic mass is 32.2. The molecule has 0 saturated carbocycles.